The van der Waals surface area contributed by atoms with Gasteiger partial charge in [-0.1, -0.05) is 20.8 Å². The molecule has 0 aromatic carbocycles. The fourth-order valence-corrected chi connectivity index (χ4v) is 3.24. The van der Waals surface area contributed by atoms with Gasteiger partial charge >= 0.3 is 0 Å². The Balaban J connectivity index is 2.02. The monoisotopic (exact) mass is 321 g/mol. The van der Waals surface area contributed by atoms with Crippen LogP contribution in [0.3, 0.4) is 0 Å². The first-order valence-corrected chi connectivity index (χ1v) is 8.85. The van der Waals surface area contributed by atoms with E-state index < -0.39 is 0 Å². The number of amides is 1. The molecule has 1 amide bonds. The number of aromatic nitrogens is 2. The highest BCUT2D eigenvalue weighted by Crippen LogP contribution is 2.34. The largest absolute Gasteiger partial charge is 0.396 e. The van der Waals surface area contributed by atoms with Crippen molar-refractivity contribution < 1.29 is 9.90 Å². The summed E-state index contributed by atoms with van der Waals surface area (Å²) in [4.78, 5) is 14.7. The van der Waals surface area contributed by atoms with Crippen LogP contribution in [0, 0.1) is 18.3 Å². The van der Waals surface area contributed by atoms with Gasteiger partial charge in [-0.3, -0.25) is 9.48 Å². The van der Waals surface area contributed by atoms with E-state index in [-0.39, 0.29) is 17.9 Å². The Bertz CT molecular complexity index is 522. The molecule has 0 bridgehead atoms. The van der Waals surface area contributed by atoms with E-state index in [1.54, 1.807) is 6.20 Å². The predicted molar refractivity (Wildman–Crippen MR) is 91.4 cm³/mol. The average Bonchev–Trinajstić information content (AvgIpc) is 2.93. The minimum atomic E-state index is 0.00721. The van der Waals surface area contributed by atoms with Crippen LogP contribution in [0.2, 0.25) is 0 Å². The first-order chi connectivity index (χ1) is 10.9. The van der Waals surface area contributed by atoms with Gasteiger partial charge in [0.2, 0.25) is 0 Å². The summed E-state index contributed by atoms with van der Waals surface area (Å²) in [5, 5.41) is 14.0. The molecule has 5 nitrogen and oxygen atoms in total. The van der Waals surface area contributed by atoms with Crippen molar-refractivity contribution in [3.05, 3.63) is 17.5 Å². The maximum absolute atomic E-state index is 12.8. The zero-order valence-electron chi connectivity index (χ0n) is 15.0. The van der Waals surface area contributed by atoms with Gasteiger partial charge in [-0.25, -0.2) is 0 Å². The first kappa shape index (κ1) is 18.0. The van der Waals surface area contributed by atoms with Crippen molar-refractivity contribution in [2.45, 2.75) is 59.9 Å². The Kier molecular flexibility index (Phi) is 5.84. The number of piperidine rings is 1. The molecule has 0 aliphatic carbocycles. The molecule has 2 heterocycles. The molecule has 2 rings (SSSR count). The summed E-state index contributed by atoms with van der Waals surface area (Å²) in [7, 11) is 0. The Morgan fingerprint density at radius 2 is 2.04 bits per heavy atom. The molecule has 1 N–H and O–H groups in total. The second kappa shape index (κ2) is 7.47. The normalized spacial score (nSPS) is 17.7. The highest BCUT2D eigenvalue weighted by molar-refractivity contribution is 5.95. The molecule has 23 heavy (non-hydrogen) atoms. The lowest BCUT2D eigenvalue weighted by molar-refractivity contribution is 0.0337. The van der Waals surface area contributed by atoms with Crippen molar-refractivity contribution in [2.75, 3.05) is 19.7 Å². The number of aryl methyl sites for hydroxylation is 1. The van der Waals surface area contributed by atoms with Crippen LogP contribution in [0.15, 0.2) is 6.20 Å². The standard InChI is InChI=1S/C18H31N3O2/c1-5-18(13-22)7-10-20(11-8-18)17(23)16-12-19-21(15(16)4)9-6-14(2)3/h12,14,22H,5-11,13H2,1-4H3. The molecule has 0 saturated carbocycles. The number of rotatable bonds is 6. The SMILES string of the molecule is CCC1(CO)CCN(C(=O)c2cnn(CCC(C)C)c2C)CC1. The van der Waals surface area contributed by atoms with Crippen molar-refractivity contribution in [2.24, 2.45) is 11.3 Å². The van der Waals surface area contributed by atoms with Crippen LogP contribution >= 0.6 is 0 Å². The van der Waals surface area contributed by atoms with Crippen molar-refractivity contribution in [3.63, 3.8) is 0 Å². The highest BCUT2D eigenvalue weighted by Gasteiger charge is 2.34. The van der Waals surface area contributed by atoms with Crippen LogP contribution in [0.5, 0.6) is 0 Å². The summed E-state index contributed by atoms with van der Waals surface area (Å²) in [6, 6.07) is 0. The predicted octanol–water partition coefficient (Wildman–Crippen LogP) is 2.86. The molecule has 130 valence electrons. The quantitative estimate of drug-likeness (QED) is 0.876. The minimum Gasteiger partial charge on any atom is -0.396 e. The topological polar surface area (TPSA) is 58.4 Å². The van der Waals surface area contributed by atoms with E-state index in [1.165, 1.54) is 0 Å². The zero-order valence-corrected chi connectivity index (χ0v) is 15.0. The summed E-state index contributed by atoms with van der Waals surface area (Å²) in [6.45, 7) is 11.0. The van der Waals surface area contributed by atoms with Gasteiger partial charge in [-0.2, -0.15) is 5.10 Å². The molecule has 5 heteroatoms. The first-order valence-electron chi connectivity index (χ1n) is 8.85. The van der Waals surface area contributed by atoms with Crippen LogP contribution in [-0.2, 0) is 6.54 Å². The van der Waals surface area contributed by atoms with Gasteiger partial charge in [-0.15, -0.1) is 0 Å². The molecular formula is C18H31N3O2. The summed E-state index contributed by atoms with van der Waals surface area (Å²) in [6.07, 6.45) is 5.51. The summed E-state index contributed by atoms with van der Waals surface area (Å²) < 4.78 is 1.95. The molecule has 0 atom stereocenters. The van der Waals surface area contributed by atoms with Crippen LogP contribution in [0.4, 0.5) is 0 Å². The van der Waals surface area contributed by atoms with E-state index in [2.05, 4.69) is 25.9 Å². The molecule has 0 unspecified atom stereocenters. The molecule has 1 aliphatic heterocycles. The molecule has 1 aliphatic rings. The summed E-state index contributed by atoms with van der Waals surface area (Å²) in [5.74, 6) is 0.710. The number of carbonyl (C=O) groups is 1. The molecule has 0 spiro atoms. The number of hydrogen-bond acceptors (Lipinski definition) is 3. The molecule has 0 radical (unpaired) electrons. The Morgan fingerprint density at radius 3 is 2.57 bits per heavy atom. The van der Waals surface area contributed by atoms with E-state index in [0.717, 1.165) is 56.6 Å². The van der Waals surface area contributed by atoms with Gasteiger partial charge < -0.3 is 10.0 Å². The second-order valence-corrected chi connectivity index (χ2v) is 7.35. The van der Waals surface area contributed by atoms with Crippen LogP contribution in [-0.4, -0.2) is 45.4 Å². The van der Waals surface area contributed by atoms with E-state index in [4.69, 9.17) is 0 Å². The number of carbonyl (C=O) groups excluding carboxylic acids is 1. The minimum absolute atomic E-state index is 0.00721. The van der Waals surface area contributed by atoms with Gasteiger partial charge in [0.15, 0.2) is 0 Å². The molecular weight excluding hydrogens is 290 g/mol. The van der Waals surface area contributed by atoms with Crippen LogP contribution in [0.1, 0.15) is 62.5 Å². The van der Waals surface area contributed by atoms with E-state index in [1.807, 2.05) is 16.5 Å². The van der Waals surface area contributed by atoms with Gasteiger partial charge in [0.25, 0.3) is 5.91 Å². The van der Waals surface area contributed by atoms with E-state index >= 15 is 0 Å². The van der Waals surface area contributed by atoms with Gasteiger partial charge in [0.1, 0.15) is 0 Å². The molecule has 1 saturated heterocycles. The molecule has 1 fully saturated rings. The number of aliphatic hydroxyl groups is 1. The molecule has 1 aromatic rings. The maximum Gasteiger partial charge on any atom is 0.257 e. The lowest BCUT2D eigenvalue weighted by Crippen LogP contribution is -2.44. The Hall–Kier alpha value is -1.36. The van der Waals surface area contributed by atoms with Crippen molar-refractivity contribution in [1.29, 1.82) is 0 Å². The third-order valence-corrected chi connectivity index (χ3v) is 5.45. The fraction of sp³-hybridized carbons (Fsp3) is 0.778. The van der Waals surface area contributed by atoms with Crippen molar-refractivity contribution in [3.8, 4) is 0 Å². The van der Waals surface area contributed by atoms with Gasteiger partial charge in [0, 0.05) is 31.9 Å². The van der Waals surface area contributed by atoms with Crippen molar-refractivity contribution >= 4 is 5.91 Å². The number of hydrogen-bond donors (Lipinski definition) is 1. The molecule has 1 aromatic heterocycles. The Morgan fingerprint density at radius 1 is 1.39 bits per heavy atom. The van der Waals surface area contributed by atoms with Crippen LogP contribution < -0.4 is 0 Å². The average molecular weight is 321 g/mol. The second-order valence-electron chi connectivity index (χ2n) is 7.35. The van der Waals surface area contributed by atoms with Crippen molar-refractivity contribution in [1.82, 2.24) is 14.7 Å². The smallest absolute Gasteiger partial charge is 0.257 e. The summed E-state index contributed by atoms with van der Waals surface area (Å²) in [5.41, 5.74) is 1.69. The number of likely N-dealkylation sites (tertiary alicyclic amines) is 1. The lowest BCUT2D eigenvalue weighted by atomic mass is 9.77. The fourth-order valence-electron chi connectivity index (χ4n) is 3.24. The maximum atomic E-state index is 12.8. The lowest BCUT2D eigenvalue weighted by Gasteiger charge is -2.40. The highest BCUT2D eigenvalue weighted by atomic mass is 16.3. The Labute approximate surface area is 139 Å². The van der Waals surface area contributed by atoms with E-state index in [9.17, 15) is 9.90 Å². The number of nitrogens with zero attached hydrogens (tertiary/aromatic N) is 3. The third kappa shape index (κ3) is 3.94. The van der Waals surface area contributed by atoms with Crippen LogP contribution in [0.25, 0.3) is 0 Å². The van der Waals surface area contributed by atoms with Gasteiger partial charge in [0.05, 0.1) is 11.8 Å². The third-order valence-electron chi connectivity index (χ3n) is 5.45. The van der Waals surface area contributed by atoms with E-state index in [0.29, 0.717) is 5.92 Å². The van der Waals surface area contributed by atoms with Gasteiger partial charge in [-0.05, 0) is 43.9 Å². The zero-order chi connectivity index (χ0) is 17.0. The summed E-state index contributed by atoms with van der Waals surface area (Å²) >= 11 is 0. The number of aliphatic hydroxyl groups excluding tert-OH is 1.